The first kappa shape index (κ1) is 23.3. The normalized spacial score (nSPS) is 16.8. The van der Waals surface area contributed by atoms with Crippen molar-refractivity contribution in [2.45, 2.75) is 32.4 Å². The SMILES string of the molecule is Cc1ccc(NC(=O)C(C#N)=C2SC(Cc3cccc(C)c3)C(=O)N2c2ccc(C)cc2)cc1. The van der Waals surface area contributed by atoms with Crippen molar-refractivity contribution in [1.82, 2.24) is 0 Å². The summed E-state index contributed by atoms with van der Waals surface area (Å²) in [5.74, 6) is -0.670. The van der Waals surface area contributed by atoms with Gasteiger partial charge in [-0.1, -0.05) is 77.0 Å². The average molecular weight is 468 g/mol. The van der Waals surface area contributed by atoms with Gasteiger partial charge in [-0.3, -0.25) is 14.5 Å². The molecule has 1 heterocycles. The third-order valence-corrected chi connectivity index (χ3v) is 6.87. The van der Waals surface area contributed by atoms with Crippen LogP contribution in [0.25, 0.3) is 0 Å². The molecule has 0 aliphatic carbocycles. The Bertz CT molecular complexity index is 1300. The predicted octanol–water partition coefficient (Wildman–Crippen LogP) is 5.68. The maximum absolute atomic E-state index is 13.6. The minimum absolute atomic E-state index is 0.0776. The molecule has 1 saturated heterocycles. The summed E-state index contributed by atoms with van der Waals surface area (Å²) < 4.78 is 0. The second-order valence-corrected chi connectivity index (χ2v) is 9.61. The van der Waals surface area contributed by atoms with Crippen molar-refractivity contribution in [2.24, 2.45) is 0 Å². The number of carbonyl (C=O) groups excluding carboxylic acids is 2. The van der Waals surface area contributed by atoms with Gasteiger partial charge in [-0.2, -0.15) is 5.26 Å². The van der Waals surface area contributed by atoms with Crippen LogP contribution in [0.15, 0.2) is 83.4 Å². The third kappa shape index (κ3) is 5.05. The molecule has 1 atom stereocenters. The number of hydrogen-bond donors (Lipinski definition) is 1. The number of nitrogens with one attached hydrogen (secondary N) is 1. The number of aryl methyl sites for hydroxylation is 3. The Morgan fingerprint density at radius 3 is 2.24 bits per heavy atom. The molecule has 1 N–H and O–H groups in total. The average Bonchev–Trinajstić information content (AvgIpc) is 3.12. The Hall–Kier alpha value is -3.82. The lowest BCUT2D eigenvalue weighted by Gasteiger charge is -2.19. The molecule has 6 heteroatoms. The summed E-state index contributed by atoms with van der Waals surface area (Å²) in [6, 6.07) is 25.0. The quantitative estimate of drug-likeness (QED) is 0.387. The molecule has 0 aromatic heterocycles. The van der Waals surface area contributed by atoms with Crippen LogP contribution in [0.3, 0.4) is 0 Å². The molecule has 0 radical (unpaired) electrons. The van der Waals surface area contributed by atoms with E-state index >= 15 is 0 Å². The van der Waals surface area contributed by atoms with E-state index in [9.17, 15) is 14.9 Å². The van der Waals surface area contributed by atoms with Crippen LogP contribution < -0.4 is 10.2 Å². The van der Waals surface area contributed by atoms with Gasteiger partial charge in [-0.15, -0.1) is 0 Å². The highest BCUT2D eigenvalue weighted by Gasteiger charge is 2.40. The maximum atomic E-state index is 13.6. The van der Waals surface area contributed by atoms with E-state index in [1.807, 2.05) is 75.4 Å². The zero-order chi connectivity index (χ0) is 24.2. The van der Waals surface area contributed by atoms with E-state index in [0.717, 1.165) is 22.3 Å². The van der Waals surface area contributed by atoms with E-state index < -0.39 is 11.2 Å². The van der Waals surface area contributed by atoms with E-state index in [2.05, 4.69) is 17.5 Å². The second kappa shape index (κ2) is 9.98. The first-order chi connectivity index (χ1) is 16.4. The number of amides is 2. The van der Waals surface area contributed by atoms with Gasteiger partial charge in [0.05, 0.1) is 5.25 Å². The van der Waals surface area contributed by atoms with Gasteiger partial charge >= 0.3 is 0 Å². The molecule has 3 aromatic rings. The summed E-state index contributed by atoms with van der Waals surface area (Å²) in [6.07, 6.45) is 0.509. The highest BCUT2D eigenvalue weighted by atomic mass is 32.2. The topological polar surface area (TPSA) is 73.2 Å². The minimum atomic E-state index is -0.532. The molecule has 1 fully saturated rings. The van der Waals surface area contributed by atoms with E-state index in [0.29, 0.717) is 22.8 Å². The van der Waals surface area contributed by atoms with Crippen LogP contribution in [-0.4, -0.2) is 17.1 Å². The summed E-state index contributed by atoms with van der Waals surface area (Å²) in [4.78, 5) is 28.2. The van der Waals surface area contributed by atoms with Crippen molar-refractivity contribution in [3.8, 4) is 6.07 Å². The van der Waals surface area contributed by atoms with Gasteiger partial charge in [0.25, 0.3) is 5.91 Å². The molecule has 34 heavy (non-hydrogen) atoms. The van der Waals surface area contributed by atoms with E-state index in [4.69, 9.17) is 0 Å². The Morgan fingerprint density at radius 1 is 0.971 bits per heavy atom. The summed E-state index contributed by atoms with van der Waals surface area (Å²) in [7, 11) is 0. The fourth-order valence-corrected chi connectivity index (χ4v) is 5.11. The van der Waals surface area contributed by atoms with Crippen LogP contribution in [0.1, 0.15) is 22.3 Å². The maximum Gasteiger partial charge on any atom is 0.269 e. The van der Waals surface area contributed by atoms with Crippen LogP contribution in [0.4, 0.5) is 11.4 Å². The number of thioether (sulfide) groups is 1. The smallest absolute Gasteiger partial charge is 0.269 e. The third-order valence-electron chi connectivity index (χ3n) is 5.61. The second-order valence-electron chi connectivity index (χ2n) is 8.42. The van der Waals surface area contributed by atoms with Crippen molar-refractivity contribution in [3.05, 3.63) is 106 Å². The number of benzene rings is 3. The monoisotopic (exact) mass is 467 g/mol. The minimum Gasteiger partial charge on any atom is -0.321 e. The summed E-state index contributed by atoms with van der Waals surface area (Å²) >= 11 is 1.27. The lowest BCUT2D eigenvalue weighted by Crippen LogP contribution is -2.30. The van der Waals surface area contributed by atoms with Gasteiger partial charge in [-0.05, 0) is 57.0 Å². The summed E-state index contributed by atoms with van der Waals surface area (Å²) in [6.45, 7) is 5.94. The molecule has 1 unspecified atom stereocenters. The molecule has 0 saturated carbocycles. The van der Waals surface area contributed by atoms with Crippen molar-refractivity contribution in [2.75, 3.05) is 10.2 Å². The number of hydrogen-bond acceptors (Lipinski definition) is 4. The van der Waals surface area contributed by atoms with E-state index in [1.54, 1.807) is 12.1 Å². The Morgan fingerprint density at radius 2 is 1.62 bits per heavy atom. The lowest BCUT2D eigenvalue weighted by atomic mass is 10.1. The molecule has 170 valence electrons. The number of rotatable bonds is 5. The van der Waals surface area contributed by atoms with Crippen molar-refractivity contribution >= 4 is 35.0 Å². The first-order valence-electron chi connectivity index (χ1n) is 11.0. The van der Waals surface area contributed by atoms with Crippen molar-refractivity contribution < 1.29 is 9.59 Å². The van der Waals surface area contributed by atoms with Gasteiger partial charge in [-0.25, -0.2) is 0 Å². The zero-order valence-electron chi connectivity index (χ0n) is 19.3. The van der Waals surface area contributed by atoms with Gasteiger partial charge < -0.3 is 5.32 Å². The van der Waals surface area contributed by atoms with Gasteiger partial charge in [0.15, 0.2) is 0 Å². The van der Waals surface area contributed by atoms with Crippen LogP contribution in [0.5, 0.6) is 0 Å². The van der Waals surface area contributed by atoms with E-state index in [-0.39, 0.29) is 11.5 Å². The predicted molar refractivity (Wildman–Crippen MR) is 137 cm³/mol. The number of anilines is 2. The van der Waals surface area contributed by atoms with Crippen LogP contribution in [0.2, 0.25) is 0 Å². The molecular weight excluding hydrogens is 442 g/mol. The van der Waals surface area contributed by atoms with Crippen molar-refractivity contribution in [1.29, 1.82) is 5.26 Å². The molecule has 5 nitrogen and oxygen atoms in total. The van der Waals surface area contributed by atoms with Crippen LogP contribution >= 0.6 is 11.8 Å². The Kier molecular flexibility index (Phi) is 6.85. The fourth-order valence-electron chi connectivity index (χ4n) is 3.80. The molecular formula is C28H25N3O2S. The lowest BCUT2D eigenvalue weighted by molar-refractivity contribution is -0.117. The van der Waals surface area contributed by atoms with Gasteiger partial charge in [0, 0.05) is 11.4 Å². The number of nitrogens with zero attached hydrogens (tertiary/aromatic N) is 2. The highest BCUT2D eigenvalue weighted by molar-refractivity contribution is 8.05. The van der Waals surface area contributed by atoms with Crippen LogP contribution in [-0.2, 0) is 16.0 Å². The largest absolute Gasteiger partial charge is 0.321 e. The first-order valence-corrected chi connectivity index (χ1v) is 11.9. The van der Waals surface area contributed by atoms with Gasteiger partial charge in [0.2, 0.25) is 5.91 Å². The standard InChI is InChI=1S/C28H25N3O2S/c1-18-7-11-22(12-8-18)30-26(32)24(17-29)28-31(23-13-9-19(2)10-14-23)27(33)25(34-28)16-21-6-4-5-20(3)15-21/h4-15,25H,16H2,1-3H3,(H,30,32). The fraction of sp³-hybridized carbons (Fsp3) is 0.179. The molecule has 2 amide bonds. The summed E-state index contributed by atoms with van der Waals surface area (Å²) in [5.41, 5.74) is 5.44. The van der Waals surface area contributed by atoms with Gasteiger partial charge in [0.1, 0.15) is 16.7 Å². The molecule has 1 aliphatic rings. The zero-order valence-corrected chi connectivity index (χ0v) is 20.1. The number of carbonyl (C=O) groups is 2. The van der Waals surface area contributed by atoms with E-state index in [1.165, 1.54) is 16.7 Å². The number of nitriles is 1. The van der Waals surface area contributed by atoms with Crippen molar-refractivity contribution in [3.63, 3.8) is 0 Å². The molecule has 0 spiro atoms. The molecule has 3 aromatic carbocycles. The Labute approximate surface area is 204 Å². The summed E-state index contributed by atoms with van der Waals surface area (Å²) in [5, 5.41) is 12.7. The van der Waals surface area contributed by atoms with Crippen LogP contribution in [0, 0.1) is 32.1 Å². The molecule has 1 aliphatic heterocycles. The molecule has 0 bridgehead atoms. The Balaban J connectivity index is 1.72. The molecule has 4 rings (SSSR count). The highest BCUT2D eigenvalue weighted by Crippen LogP contribution is 2.42.